The summed E-state index contributed by atoms with van der Waals surface area (Å²) in [5, 5.41) is 0. The minimum absolute atomic E-state index is 0.00375. The number of ether oxygens (including phenoxy) is 4. The Kier molecular flexibility index (Phi) is 9.78. The molecule has 0 fully saturated rings. The van der Waals surface area contributed by atoms with Gasteiger partial charge in [0, 0.05) is 42.6 Å². The van der Waals surface area contributed by atoms with Crippen LogP contribution in [0.3, 0.4) is 0 Å². The zero-order valence-corrected chi connectivity index (χ0v) is 30.9. The third-order valence-corrected chi connectivity index (χ3v) is 11.8. The van der Waals surface area contributed by atoms with Gasteiger partial charge in [-0.1, -0.05) is 12.1 Å². The largest absolute Gasteiger partial charge is 0.497 e. The Hall–Kier alpha value is -5.20. The van der Waals surface area contributed by atoms with Crippen LogP contribution in [0.15, 0.2) is 109 Å². The summed E-state index contributed by atoms with van der Waals surface area (Å²) in [6, 6.07) is 29.1. The highest BCUT2D eigenvalue weighted by Gasteiger charge is 2.80. The number of thiophene rings is 2. The van der Waals surface area contributed by atoms with Gasteiger partial charge in [-0.2, -0.15) is 26.3 Å². The minimum Gasteiger partial charge on any atom is -0.497 e. The van der Waals surface area contributed by atoms with E-state index >= 15 is 26.3 Å². The molecule has 6 aromatic rings. The van der Waals surface area contributed by atoms with Crippen molar-refractivity contribution in [2.45, 2.75) is 24.2 Å². The molecule has 12 heteroatoms. The molecule has 7 rings (SSSR count). The van der Waals surface area contributed by atoms with E-state index < -0.39 is 34.5 Å². The van der Waals surface area contributed by atoms with Gasteiger partial charge >= 0.3 is 17.8 Å². The van der Waals surface area contributed by atoms with E-state index in [9.17, 15) is 0 Å². The quantitative estimate of drug-likeness (QED) is 0.123. The Labute approximate surface area is 315 Å². The first-order valence-corrected chi connectivity index (χ1v) is 18.2. The first kappa shape index (κ1) is 37.1. The van der Waals surface area contributed by atoms with Gasteiger partial charge in [0.15, 0.2) is 0 Å². The average molecular weight is 779 g/mol. The molecule has 0 saturated heterocycles. The molecule has 0 spiro atoms. The van der Waals surface area contributed by atoms with E-state index in [1.54, 1.807) is 97.1 Å². The number of hydrogen-bond donors (Lipinski definition) is 0. The van der Waals surface area contributed by atoms with Crippen LogP contribution in [0.2, 0.25) is 0 Å². The highest BCUT2D eigenvalue weighted by atomic mass is 32.1. The highest BCUT2D eigenvalue weighted by molar-refractivity contribution is 7.19. The standard InChI is InChI=1S/C42H32F6O4S2/c1-49-28-13-5-24(6-14-28)21-36-32(22-34(53-36)25-7-15-29(50-2)16-8-25)37-38(41(45,46)42(47,48)40(37,43)44)33-23-35(26-9-17-30(51-3)18-10-26)54-39(33)27-11-19-31(52-4)20-12-27/h5-20,22-23H,21H2,1-4H3. The number of methoxy groups -OCH3 is 4. The lowest BCUT2D eigenvalue weighted by molar-refractivity contribution is -0.254. The predicted molar refractivity (Wildman–Crippen MR) is 202 cm³/mol. The van der Waals surface area contributed by atoms with Crippen molar-refractivity contribution in [3.63, 3.8) is 0 Å². The van der Waals surface area contributed by atoms with E-state index in [0.717, 1.165) is 22.7 Å². The summed E-state index contributed by atoms with van der Waals surface area (Å²) in [6.07, 6.45) is -0.00375. The van der Waals surface area contributed by atoms with Gasteiger partial charge in [0.25, 0.3) is 0 Å². The third kappa shape index (κ3) is 6.30. The second-order valence-electron chi connectivity index (χ2n) is 12.5. The smallest absolute Gasteiger partial charge is 0.380 e. The fraction of sp³-hybridized carbons (Fsp3) is 0.190. The van der Waals surface area contributed by atoms with Crippen LogP contribution in [0.4, 0.5) is 26.3 Å². The van der Waals surface area contributed by atoms with Crippen LogP contribution in [0, 0.1) is 0 Å². The zero-order chi connectivity index (χ0) is 38.4. The molecule has 0 unspecified atom stereocenters. The van der Waals surface area contributed by atoms with Crippen LogP contribution in [-0.2, 0) is 6.42 Å². The molecule has 0 aliphatic heterocycles. The average Bonchev–Trinajstić information content (AvgIpc) is 3.83. The van der Waals surface area contributed by atoms with Crippen LogP contribution in [0.5, 0.6) is 23.0 Å². The minimum atomic E-state index is -5.76. The number of hydrogen-bond acceptors (Lipinski definition) is 6. The van der Waals surface area contributed by atoms with Gasteiger partial charge in [-0.15, -0.1) is 22.7 Å². The molecule has 1 aliphatic rings. The maximum absolute atomic E-state index is 16.5. The summed E-state index contributed by atoms with van der Waals surface area (Å²) in [5.41, 5.74) is -1.50. The van der Waals surface area contributed by atoms with Crippen molar-refractivity contribution in [2.75, 3.05) is 28.4 Å². The summed E-state index contributed by atoms with van der Waals surface area (Å²) in [5.74, 6) is -14.2. The normalized spacial score (nSPS) is 15.7. The molecule has 0 radical (unpaired) electrons. The van der Waals surface area contributed by atoms with Gasteiger partial charge in [-0.05, 0) is 125 Å². The second-order valence-corrected chi connectivity index (χ2v) is 14.7. The monoisotopic (exact) mass is 778 g/mol. The fourth-order valence-electron chi connectivity index (χ4n) is 6.46. The van der Waals surface area contributed by atoms with Gasteiger partial charge in [-0.3, -0.25) is 0 Å². The molecule has 0 bridgehead atoms. The molecule has 4 nitrogen and oxygen atoms in total. The molecule has 4 aromatic carbocycles. The van der Waals surface area contributed by atoms with Gasteiger partial charge in [0.1, 0.15) is 23.0 Å². The summed E-state index contributed by atoms with van der Waals surface area (Å²) < 4.78 is 119. The van der Waals surface area contributed by atoms with Crippen LogP contribution >= 0.6 is 22.7 Å². The summed E-state index contributed by atoms with van der Waals surface area (Å²) in [4.78, 5) is 1.16. The lowest BCUT2D eigenvalue weighted by Gasteiger charge is -2.26. The van der Waals surface area contributed by atoms with Gasteiger partial charge < -0.3 is 18.9 Å². The molecular weight excluding hydrogens is 747 g/mol. The number of alkyl halides is 6. The molecule has 0 N–H and O–H groups in total. The van der Waals surface area contributed by atoms with E-state index in [1.807, 2.05) is 0 Å². The zero-order valence-electron chi connectivity index (χ0n) is 29.3. The molecule has 278 valence electrons. The van der Waals surface area contributed by atoms with E-state index in [1.165, 1.54) is 40.6 Å². The molecule has 2 heterocycles. The maximum atomic E-state index is 16.5. The van der Waals surface area contributed by atoms with Crippen molar-refractivity contribution in [1.29, 1.82) is 0 Å². The lowest BCUT2D eigenvalue weighted by Crippen LogP contribution is -2.48. The van der Waals surface area contributed by atoms with Crippen molar-refractivity contribution in [1.82, 2.24) is 0 Å². The number of allylic oxidation sites excluding steroid dienone is 2. The molecule has 0 atom stereocenters. The van der Waals surface area contributed by atoms with Crippen molar-refractivity contribution in [3.05, 3.63) is 131 Å². The number of rotatable bonds is 11. The molecular formula is C42H32F6O4S2. The van der Waals surface area contributed by atoms with Crippen molar-refractivity contribution in [3.8, 4) is 54.3 Å². The second kappa shape index (κ2) is 14.2. The summed E-state index contributed by atoms with van der Waals surface area (Å²) in [6.45, 7) is 0. The van der Waals surface area contributed by atoms with Crippen molar-refractivity contribution in [2.24, 2.45) is 0 Å². The van der Waals surface area contributed by atoms with Gasteiger partial charge in [0.05, 0.1) is 28.4 Å². The molecule has 0 saturated carbocycles. The Balaban J connectivity index is 1.52. The third-order valence-electron chi connectivity index (χ3n) is 9.37. The van der Waals surface area contributed by atoms with E-state index in [0.29, 0.717) is 55.0 Å². The summed E-state index contributed by atoms with van der Waals surface area (Å²) >= 11 is 2.11. The van der Waals surface area contributed by atoms with E-state index in [2.05, 4.69) is 0 Å². The van der Waals surface area contributed by atoms with Crippen molar-refractivity contribution >= 4 is 33.8 Å². The van der Waals surface area contributed by atoms with Crippen LogP contribution < -0.4 is 18.9 Å². The highest BCUT2D eigenvalue weighted by Crippen LogP contribution is 2.67. The lowest BCUT2D eigenvalue weighted by atomic mass is 9.92. The SMILES string of the molecule is COc1ccc(Cc2sc(-c3ccc(OC)cc3)cc2C2=C(c3cc(-c4ccc(OC)cc4)sc3-c3ccc(OC)cc3)C(F)(F)C(F)(F)C2(F)F)cc1. The van der Waals surface area contributed by atoms with E-state index in [-0.39, 0.29) is 21.7 Å². The predicted octanol–water partition coefficient (Wildman–Crippen LogP) is 12.3. The van der Waals surface area contributed by atoms with Crippen LogP contribution in [0.1, 0.15) is 21.6 Å². The fourth-order valence-corrected chi connectivity index (χ4v) is 8.84. The van der Waals surface area contributed by atoms with E-state index in [4.69, 9.17) is 18.9 Å². The molecule has 2 aromatic heterocycles. The molecule has 1 aliphatic carbocycles. The van der Waals surface area contributed by atoms with Gasteiger partial charge in [0.2, 0.25) is 0 Å². The topological polar surface area (TPSA) is 36.9 Å². The van der Waals surface area contributed by atoms with Crippen molar-refractivity contribution < 1.29 is 45.3 Å². The molecule has 54 heavy (non-hydrogen) atoms. The Morgan fingerprint density at radius 3 is 1.28 bits per heavy atom. The maximum Gasteiger partial charge on any atom is 0.380 e. The Morgan fingerprint density at radius 1 is 0.463 bits per heavy atom. The molecule has 0 amide bonds. The number of halogens is 6. The number of benzene rings is 4. The van der Waals surface area contributed by atoms with Crippen LogP contribution in [0.25, 0.3) is 42.5 Å². The summed E-state index contributed by atoms with van der Waals surface area (Å²) in [7, 11) is 5.93. The van der Waals surface area contributed by atoms with Crippen LogP contribution in [-0.4, -0.2) is 46.2 Å². The Bertz CT molecular complexity index is 2310. The first-order chi connectivity index (χ1) is 25.8. The first-order valence-electron chi connectivity index (χ1n) is 16.5. The Morgan fingerprint density at radius 2 is 0.833 bits per heavy atom. The van der Waals surface area contributed by atoms with Gasteiger partial charge in [-0.25, -0.2) is 0 Å².